The van der Waals surface area contributed by atoms with Gasteiger partial charge in [-0.25, -0.2) is 4.98 Å². The number of carbonyl (C=O) groups excluding carboxylic acids is 2. The second-order valence-corrected chi connectivity index (χ2v) is 12.1. The van der Waals surface area contributed by atoms with Gasteiger partial charge in [-0.1, -0.05) is 12.1 Å². The molecule has 218 valence electrons. The summed E-state index contributed by atoms with van der Waals surface area (Å²) in [5.41, 5.74) is 7.12. The standard InChI is InChI=1S/C30H41N5O3.CH5N/c1-29(2,38)18-34-13-7-21(8-14-34)22-5-6-24-25(15-22)33-27-23(17-36)16-32-28(26(24)27)35-12-4-9-30(19-35,20-37)10-11-31-3;1-2/h5-6,15-17,20-21,31,33,38H,4,7-14,18-19H2,1-3H3;2H2,1H3. The van der Waals surface area contributed by atoms with Crippen LogP contribution in [0, 0.1) is 5.41 Å². The van der Waals surface area contributed by atoms with Crippen LogP contribution in [0.25, 0.3) is 21.8 Å². The average molecular weight is 551 g/mol. The molecule has 40 heavy (non-hydrogen) atoms. The van der Waals surface area contributed by atoms with Gasteiger partial charge in [0.15, 0.2) is 6.29 Å². The molecule has 4 heterocycles. The molecule has 3 aromatic rings. The summed E-state index contributed by atoms with van der Waals surface area (Å²) in [5, 5.41) is 15.4. The second-order valence-electron chi connectivity index (χ2n) is 12.1. The normalized spacial score (nSPS) is 20.9. The highest BCUT2D eigenvalue weighted by Gasteiger charge is 2.36. The summed E-state index contributed by atoms with van der Waals surface area (Å²) in [4.78, 5) is 37.1. The van der Waals surface area contributed by atoms with E-state index in [0.29, 0.717) is 24.6 Å². The number of aromatic nitrogens is 2. The topological polar surface area (TPSA) is 128 Å². The van der Waals surface area contributed by atoms with Crippen LogP contribution in [0.1, 0.15) is 67.8 Å². The average Bonchev–Trinajstić information content (AvgIpc) is 3.35. The Bertz CT molecular complexity index is 1310. The van der Waals surface area contributed by atoms with Crippen LogP contribution in [0.2, 0.25) is 0 Å². The molecule has 1 unspecified atom stereocenters. The number of anilines is 1. The van der Waals surface area contributed by atoms with Gasteiger partial charge in [0.25, 0.3) is 0 Å². The van der Waals surface area contributed by atoms with Crippen molar-refractivity contribution < 1.29 is 14.7 Å². The molecule has 2 fully saturated rings. The van der Waals surface area contributed by atoms with E-state index in [9.17, 15) is 14.7 Å². The summed E-state index contributed by atoms with van der Waals surface area (Å²) in [7, 11) is 3.42. The van der Waals surface area contributed by atoms with Gasteiger partial charge in [-0.15, -0.1) is 0 Å². The summed E-state index contributed by atoms with van der Waals surface area (Å²) in [6, 6.07) is 6.63. The van der Waals surface area contributed by atoms with Gasteiger partial charge in [0.2, 0.25) is 0 Å². The van der Waals surface area contributed by atoms with Crippen LogP contribution in [0.3, 0.4) is 0 Å². The van der Waals surface area contributed by atoms with Gasteiger partial charge in [-0.3, -0.25) is 4.79 Å². The second kappa shape index (κ2) is 12.8. The minimum absolute atomic E-state index is 0.391. The maximum absolute atomic E-state index is 12.2. The number of nitrogens with zero attached hydrogens (tertiary/aromatic N) is 3. The highest BCUT2D eigenvalue weighted by molar-refractivity contribution is 6.16. The molecule has 0 amide bonds. The van der Waals surface area contributed by atoms with Crippen LogP contribution in [0.15, 0.2) is 24.4 Å². The SMILES string of the molecule is CN.CNCCC1(C=O)CCCN(c2ncc(C=O)c3[nH]c4cc(C5CCN(CC(C)(C)O)CC5)ccc4c23)C1. The first-order valence-electron chi connectivity index (χ1n) is 14.5. The van der Waals surface area contributed by atoms with Gasteiger partial charge >= 0.3 is 0 Å². The van der Waals surface area contributed by atoms with E-state index in [1.54, 1.807) is 6.20 Å². The van der Waals surface area contributed by atoms with Gasteiger partial charge in [0, 0.05) is 42.1 Å². The monoisotopic (exact) mass is 550 g/mol. The third kappa shape index (κ3) is 6.38. The third-order valence-corrected chi connectivity index (χ3v) is 8.49. The zero-order chi connectivity index (χ0) is 28.9. The Balaban J connectivity index is 0.00000181. The van der Waals surface area contributed by atoms with E-state index in [4.69, 9.17) is 4.98 Å². The molecule has 2 aliphatic heterocycles. The Kier molecular flexibility index (Phi) is 9.61. The van der Waals surface area contributed by atoms with Crippen molar-refractivity contribution in [2.24, 2.45) is 11.1 Å². The number of H-pyrrole nitrogens is 1. The van der Waals surface area contributed by atoms with E-state index in [-0.39, 0.29) is 0 Å². The molecule has 0 spiro atoms. The smallest absolute Gasteiger partial charge is 0.153 e. The number of aliphatic hydroxyl groups is 1. The molecule has 1 atom stereocenters. The van der Waals surface area contributed by atoms with Gasteiger partial charge in [0.05, 0.1) is 22.1 Å². The summed E-state index contributed by atoms with van der Waals surface area (Å²) in [6.45, 7) is 8.65. The molecular formula is C31H46N6O3. The minimum Gasteiger partial charge on any atom is -0.389 e. The molecule has 9 nitrogen and oxygen atoms in total. The number of piperidine rings is 2. The van der Waals surface area contributed by atoms with Crippen LogP contribution in [-0.2, 0) is 4.79 Å². The van der Waals surface area contributed by atoms with Crippen molar-refractivity contribution in [3.63, 3.8) is 0 Å². The maximum Gasteiger partial charge on any atom is 0.153 e. The number of fused-ring (bicyclic) bond motifs is 3. The lowest BCUT2D eigenvalue weighted by molar-refractivity contribution is -0.117. The van der Waals surface area contributed by atoms with Gasteiger partial charge in [-0.05, 0) is 97.2 Å². The molecule has 5 N–H and O–H groups in total. The van der Waals surface area contributed by atoms with E-state index >= 15 is 0 Å². The molecular weight excluding hydrogens is 504 g/mol. The predicted octanol–water partition coefficient (Wildman–Crippen LogP) is 3.45. The number of benzene rings is 1. The van der Waals surface area contributed by atoms with Gasteiger partial charge in [-0.2, -0.15) is 0 Å². The lowest BCUT2D eigenvalue weighted by atomic mass is 9.78. The Labute approximate surface area is 237 Å². The number of hydrogen-bond donors (Lipinski definition) is 4. The highest BCUT2D eigenvalue weighted by Crippen LogP contribution is 2.40. The third-order valence-electron chi connectivity index (χ3n) is 8.49. The number of nitrogens with one attached hydrogen (secondary N) is 2. The lowest BCUT2D eigenvalue weighted by Gasteiger charge is -2.40. The number of likely N-dealkylation sites (tertiary alicyclic amines) is 1. The first kappa shape index (κ1) is 30.1. The van der Waals surface area contributed by atoms with Crippen molar-refractivity contribution in [1.29, 1.82) is 0 Å². The van der Waals surface area contributed by atoms with Crippen molar-refractivity contribution in [3.8, 4) is 0 Å². The number of aldehydes is 2. The Morgan fingerprint density at radius 2 is 1.98 bits per heavy atom. The lowest BCUT2D eigenvalue weighted by Crippen LogP contribution is -2.46. The number of nitrogens with two attached hydrogens (primary N) is 1. The van der Waals surface area contributed by atoms with Gasteiger partial charge < -0.3 is 35.7 Å². The Morgan fingerprint density at radius 1 is 1.23 bits per heavy atom. The Hall–Kier alpha value is -2.85. The Morgan fingerprint density at radius 3 is 2.62 bits per heavy atom. The van der Waals surface area contributed by atoms with Crippen molar-refractivity contribution in [1.82, 2.24) is 20.2 Å². The molecule has 0 saturated carbocycles. The highest BCUT2D eigenvalue weighted by atomic mass is 16.3. The van der Waals surface area contributed by atoms with Crippen LogP contribution in [0.5, 0.6) is 0 Å². The quantitative estimate of drug-likeness (QED) is 0.298. The molecule has 0 aliphatic carbocycles. The van der Waals surface area contributed by atoms with Crippen molar-refractivity contribution >= 4 is 40.2 Å². The van der Waals surface area contributed by atoms with E-state index < -0.39 is 11.0 Å². The molecule has 0 radical (unpaired) electrons. The van der Waals surface area contributed by atoms with E-state index in [0.717, 1.165) is 98.5 Å². The van der Waals surface area contributed by atoms with Gasteiger partial charge in [0.1, 0.15) is 12.1 Å². The van der Waals surface area contributed by atoms with E-state index in [1.165, 1.54) is 12.6 Å². The molecule has 0 bridgehead atoms. The largest absolute Gasteiger partial charge is 0.389 e. The summed E-state index contributed by atoms with van der Waals surface area (Å²) in [5.74, 6) is 1.31. The minimum atomic E-state index is -0.676. The van der Waals surface area contributed by atoms with E-state index in [1.807, 2.05) is 20.9 Å². The first-order valence-corrected chi connectivity index (χ1v) is 14.5. The summed E-state index contributed by atoms with van der Waals surface area (Å²) < 4.78 is 0. The molecule has 1 aromatic carbocycles. The first-order chi connectivity index (χ1) is 19.3. The number of hydrogen-bond acceptors (Lipinski definition) is 8. The van der Waals surface area contributed by atoms with Crippen LogP contribution in [-0.4, -0.2) is 91.5 Å². The maximum atomic E-state index is 12.2. The number of pyridine rings is 1. The molecule has 2 aromatic heterocycles. The molecule has 9 heteroatoms. The fraction of sp³-hybridized carbons (Fsp3) is 0.581. The molecule has 2 saturated heterocycles. The van der Waals surface area contributed by atoms with Crippen LogP contribution in [0.4, 0.5) is 5.82 Å². The van der Waals surface area contributed by atoms with Crippen LogP contribution >= 0.6 is 0 Å². The van der Waals surface area contributed by atoms with Crippen molar-refractivity contribution in [2.75, 3.05) is 58.3 Å². The summed E-state index contributed by atoms with van der Waals surface area (Å²) in [6.07, 6.45) is 8.39. The van der Waals surface area contributed by atoms with E-state index in [2.05, 4.69) is 44.0 Å². The number of rotatable bonds is 9. The zero-order valence-electron chi connectivity index (χ0n) is 24.5. The van der Waals surface area contributed by atoms with Crippen LogP contribution < -0.4 is 16.0 Å². The fourth-order valence-electron chi connectivity index (χ4n) is 6.55. The number of β-amino-alcohol motifs (C(OH)–C–C–N with tert-alkyl or cyclic N) is 1. The molecule has 5 rings (SSSR count). The number of carbonyl (C=O) groups is 2. The predicted molar refractivity (Wildman–Crippen MR) is 162 cm³/mol. The zero-order valence-corrected chi connectivity index (χ0v) is 24.5. The van der Waals surface area contributed by atoms with Crippen molar-refractivity contribution in [2.45, 2.75) is 57.5 Å². The summed E-state index contributed by atoms with van der Waals surface area (Å²) >= 11 is 0. The number of aromatic amines is 1. The molecule has 2 aliphatic rings. The van der Waals surface area contributed by atoms with Crippen molar-refractivity contribution in [3.05, 3.63) is 35.5 Å². The fourth-order valence-corrected chi connectivity index (χ4v) is 6.55.